The highest BCUT2D eigenvalue weighted by Crippen LogP contribution is 2.19. The second kappa shape index (κ2) is 5.67. The molecule has 2 rings (SSSR count). The number of amides is 1. The summed E-state index contributed by atoms with van der Waals surface area (Å²) in [6, 6.07) is 9.82. The van der Waals surface area contributed by atoms with Gasteiger partial charge in [0.25, 0.3) is 5.91 Å². The summed E-state index contributed by atoms with van der Waals surface area (Å²) >= 11 is 1.46. The summed E-state index contributed by atoms with van der Waals surface area (Å²) in [5.41, 5.74) is 0.781. The van der Waals surface area contributed by atoms with Crippen LogP contribution in [0.2, 0.25) is 0 Å². The number of anilines is 1. The van der Waals surface area contributed by atoms with Crippen molar-refractivity contribution in [3.8, 4) is 0 Å². The smallest absolute Gasteiger partial charge is 0.335 e. The topological polar surface area (TPSA) is 66.4 Å². The first-order chi connectivity index (χ1) is 9.10. The monoisotopic (exact) mass is 275 g/mol. The van der Waals surface area contributed by atoms with Gasteiger partial charge in [0.05, 0.1) is 10.4 Å². The van der Waals surface area contributed by atoms with Gasteiger partial charge in [-0.25, -0.2) is 4.79 Å². The number of thiophene rings is 1. The molecular weight excluding hydrogens is 262 g/mol. The van der Waals surface area contributed by atoms with E-state index in [0.29, 0.717) is 10.6 Å². The highest BCUT2D eigenvalue weighted by molar-refractivity contribution is 7.14. The fraction of sp³-hybridized carbons (Fsp3) is 0.143. The van der Waals surface area contributed by atoms with Gasteiger partial charge in [0.15, 0.2) is 0 Å². The predicted molar refractivity (Wildman–Crippen MR) is 75.1 cm³/mol. The van der Waals surface area contributed by atoms with Crippen LogP contribution in [0.3, 0.4) is 0 Å². The zero-order valence-electron chi connectivity index (χ0n) is 10.3. The van der Waals surface area contributed by atoms with Crippen LogP contribution in [0, 0.1) is 0 Å². The van der Waals surface area contributed by atoms with Crippen molar-refractivity contribution in [2.45, 2.75) is 13.3 Å². The highest BCUT2D eigenvalue weighted by atomic mass is 32.1. The Balaban J connectivity index is 2.08. The van der Waals surface area contributed by atoms with Crippen LogP contribution in [0.1, 0.15) is 31.8 Å². The summed E-state index contributed by atoms with van der Waals surface area (Å²) in [6.07, 6.45) is 0.908. The van der Waals surface area contributed by atoms with Gasteiger partial charge in [-0.1, -0.05) is 6.92 Å². The number of hydrogen-bond acceptors (Lipinski definition) is 3. The molecule has 0 saturated carbocycles. The van der Waals surface area contributed by atoms with Crippen molar-refractivity contribution < 1.29 is 14.7 Å². The second-order valence-electron chi connectivity index (χ2n) is 3.96. The molecule has 0 unspecified atom stereocenters. The summed E-state index contributed by atoms with van der Waals surface area (Å²) in [4.78, 5) is 24.5. The fourth-order valence-electron chi connectivity index (χ4n) is 1.58. The van der Waals surface area contributed by atoms with Gasteiger partial charge in [-0.2, -0.15) is 0 Å². The SMILES string of the molecule is CCc1ccc(C(=O)Nc2ccc(C(=O)O)cc2)s1. The van der Waals surface area contributed by atoms with Crippen LogP contribution in [0.15, 0.2) is 36.4 Å². The number of carboxylic acids is 1. The molecule has 5 heteroatoms. The molecule has 0 aliphatic rings. The van der Waals surface area contributed by atoms with E-state index >= 15 is 0 Å². The lowest BCUT2D eigenvalue weighted by Crippen LogP contribution is -2.10. The van der Waals surface area contributed by atoms with E-state index in [0.717, 1.165) is 11.3 Å². The van der Waals surface area contributed by atoms with E-state index in [1.807, 2.05) is 13.0 Å². The van der Waals surface area contributed by atoms with E-state index in [-0.39, 0.29) is 11.5 Å². The summed E-state index contributed by atoms with van der Waals surface area (Å²) < 4.78 is 0. The Bertz CT molecular complexity index is 601. The zero-order valence-corrected chi connectivity index (χ0v) is 11.2. The van der Waals surface area contributed by atoms with E-state index in [1.54, 1.807) is 18.2 Å². The van der Waals surface area contributed by atoms with Crippen LogP contribution in [0.25, 0.3) is 0 Å². The third-order valence-corrected chi connectivity index (χ3v) is 3.85. The molecule has 1 aromatic carbocycles. The van der Waals surface area contributed by atoms with Crippen molar-refractivity contribution in [1.29, 1.82) is 0 Å². The number of nitrogens with one attached hydrogen (secondary N) is 1. The van der Waals surface area contributed by atoms with Gasteiger partial charge in [-0.05, 0) is 42.8 Å². The van der Waals surface area contributed by atoms with Crippen molar-refractivity contribution in [2.24, 2.45) is 0 Å². The lowest BCUT2D eigenvalue weighted by atomic mass is 10.2. The number of carbonyl (C=O) groups excluding carboxylic acids is 1. The molecule has 0 fully saturated rings. The van der Waals surface area contributed by atoms with Crippen molar-refractivity contribution in [2.75, 3.05) is 5.32 Å². The van der Waals surface area contributed by atoms with Crippen molar-refractivity contribution in [3.05, 3.63) is 51.7 Å². The average molecular weight is 275 g/mol. The van der Waals surface area contributed by atoms with E-state index < -0.39 is 5.97 Å². The van der Waals surface area contributed by atoms with E-state index in [4.69, 9.17) is 5.11 Å². The van der Waals surface area contributed by atoms with Crippen LogP contribution in [-0.4, -0.2) is 17.0 Å². The third-order valence-electron chi connectivity index (χ3n) is 2.62. The number of aromatic carboxylic acids is 1. The maximum absolute atomic E-state index is 11.9. The van der Waals surface area contributed by atoms with Gasteiger partial charge in [0.1, 0.15) is 0 Å². The maximum atomic E-state index is 11.9. The first-order valence-corrected chi connectivity index (χ1v) is 6.65. The fourth-order valence-corrected chi connectivity index (χ4v) is 2.42. The van der Waals surface area contributed by atoms with Gasteiger partial charge in [-0.3, -0.25) is 4.79 Å². The Labute approximate surface area is 114 Å². The molecular formula is C14H13NO3S. The largest absolute Gasteiger partial charge is 0.478 e. The van der Waals surface area contributed by atoms with Crippen LogP contribution in [0.5, 0.6) is 0 Å². The number of hydrogen-bond donors (Lipinski definition) is 2. The number of rotatable bonds is 4. The van der Waals surface area contributed by atoms with Crippen molar-refractivity contribution >= 4 is 28.9 Å². The molecule has 0 saturated heterocycles. The number of carbonyl (C=O) groups is 2. The van der Waals surface area contributed by atoms with Crippen LogP contribution >= 0.6 is 11.3 Å². The minimum absolute atomic E-state index is 0.173. The minimum Gasteiger partial charge on any atom is -0.478 e. The van der Waals surface area contributed by atoms with Gasteiger partial charge in [-0.15, -0.1) is 11.3 Å². The number of carboxylic acid groups (broad SMARTS) is 1. The lowest BCUT2D eigenvalue weighted by Gasteiger charge is -2.03. The first kappa shape index (κ1) is 13.3. The normalized spacial score (nSPS) is 10.2. The predicted octanol–water partition coefficient (Wildman–Crippen LogP) is 3.26. The third kappa shape index (κ3) is 3.20. The standard InChI is InChI=1S/C14H13NO3S/c1-2-11-7-8-12(19-11)13(16)15-10-5-3-9(4-6-10)14(17)18/h3-8H,2H2,1H3,(H,15,16)(H,17,18). The molecule has 1 heterocycles. The minimum atomic E-state index is -0.983. The van der Waals surface area contributed by atoms with Crippen LogP contribution in [-0.2, 0) is 6.42 Å². The molecule has 4 nitrogen and oxygen atoms in total. The Hall–Kier alpha value is -2.14. The Morgan fingerprint density at radius 2 is 1.84 bits per heavy atom. The van der Waals surface area contributed by atoms with Gasteiger partial charge in [0.2, 0.25) is 0 Å². The molecule has 19 heavy (non-hydrogen) atoms. The van der Waals surface area contributed by atoms with Crippen molar-refractivity contribution in [3.63, 3.8) is 0 Å². The molecule has 0 aliphatic heterocycles. The number of benzene rings is 1. The van der Waals surface area contributed by atoms with Crippen LogP contribution in [0.4, 0.5) is 5.69 Å². The Morgan fingerprint density at radius 3 is 2.37 bits per heavy atom. The zero-order chi connectivity index (χ0) is 13.8. The van der Waals surface area contributed by atoms with E-state index in [9.17, 15) is 9.59 Å². The second-order valence-corrected chi connectivity index (χ2v) is 5.12. The molecule has 0 aliphatic carbocycles. The first-order valence-electron chi connectivity index (χ1n) is 5.83. The quantitative estimate of drug-likeness (QED) is 0.900. The Kier molecular flexibility index (Phi) is 3.97. The molecule has 0 radical (unpaired) electrons. The van der Waals surface area contributed by atoms with E-state index in [1.165, 1.54) is 23.5 Å². The van der Waals surface area contributed by atoms with E-state index in [2.05, 4.69) is 5.32 Å². The molecule has 0 bridgehead atoms. The molecule has 0 spiro atoms. The lowest BCUT2D eigenvalue weighted by molar-refractivity contribution is 0.0696. The maximum Gasteiger partial charge on any atom is 0.335 e. The molecule has 2 aromatic rings. The molecule has 1 amide bonds. The van der Waals surface area contributed by atoms with Gasteiger partial charge in [0, 0.05) is 10.6 Å². The Morgan fingerprint density at radius 1 is 1.16 bits per heavy atom. The molecule has 2 N–H and O–H groups in total. The number of aryl methyl sites for hydroxylation is 1. The summed E-state index contributed by atoms with van der Waals surface area (Å²) in [6.45, 7) is 2.04. The van der Waals surface area contributed by atoms with Crippen molar-refractivity contribution in [1.82, 2.24) is 0 Å². The average Bonchev–Trinajstić information content (AvgIpc) is 2.88. The molecule has 1 aromatic heterocycles. The van der Waals surface area contributed by atoms with Gasteiger partial charge < -0.3 is 10.4 Å². The molecule has 0 atom stereocenters. The van der Waals surface area contributed by atoms with Crippen LogP contribution < -0.4 is 5.32 Å². The summed E-state index contributed by atoms with van der Waals surface area (Å²) in [5.74, 6) is -1.16. The highest BCUT2D eigenvalue weighted by Gasteiger charge is 2.09. The van der Waals surface area contributed by atoms with Gasteiger partial charge >= 0.3 is 5.97 Å². The summed E-state index contributed by atoms with van der Waals surface area (Å²) in [5, 5.41) is 11.5. The molecule has 98 valence electrons. The summed E-state index contributed by atoms with van der Waals surface area (Å²) in [7, 11) is 0.